The molecular formula is C29H33NO5S3. The average Bonchev–Trinajstić information content (AvgIpc) is 3.68. The first-order valence-corrected chi connectivity index (χ1v) is 15.9. The van der Waals surface area contributed by atoms with E-state index in [0.29, 0.717) is 18.1 Å². The fourth-order valence-corrected chi connectivity index (χ4v) is 8.07. The summed E-state index contributed by atoms with van der Waals surface area (Å²) in [5.74, 6) is 0.854. The molecule has 1 N–H and O–H groups in total. The van der Waals surface area contributed by atoms with Gasteiger partial charge in [-0.05, 0) is 30.4 Å². The van der Waals surface area contributed by atoms with Crippen molar-refractivity contribution in [3.8, 4) is 26.3 Å². The van der Waals surface area contributed by atoms with Crippen LogP contribution in [-0.4, -0.2) is 42.1 Å². The molecule has 0 unspecified atom stereocenters. The maximum Gasteiger partial charge on any atom is 0.266 e. The molecule has 0 saturated heterocycles. The molecular weight excluding hydrogens is 539 g/mol. The number of amides is 2. The zero-order valence-electron chi connectivity index (χ0n) is 22.1. The van der Waals surface area contributed by atoms with Gasteiger partial charge >= 0.3 is 0 Å². The Morgan fingerprint density at radius 2 is 1.45 bits per heavy atom. The highest BCUT2D eigenvalue weighted by Gasteiger charge is 2.40. The van der Waals surface area contributed by atoms with E-state index in [-0.39, 0.29) is 22.1 Å². The minimum Gasteiger partial charge on any atom is -0.499 e. The van der Waals surface area contributed by atoms with Crippen LogP contribution in [0.3, 0.4) is 0 Å². The van der Waals surface area contributed by atoms with Gasteiger partial charge in [0.25, 0.3) is 11.8 Å². The summed E-state index contributed by atoms with van der Waals surface area (Å²) < 4.78 is 14.9. The van der Waals surface area contributed by atoms with E-state index >= 15 is 0 Å². The van der Waals surface area contributed by atoms with Crippen molar-refractivity contribution in [3.63, 3.8) is 0 Å². The molecule has 1 aliphatic rings. The molecule has 0 spiro atoms. The van der Waals surface area contributed by atoms with Crippen molar-refractivity contribution in [1.82, 2.24) is 4.90 Å². The summed E-state index contributed by atoms with van der Waals surface area (Å²) >= 11 is 4.26. The number of nitrogens with zero attached hydrogens (tertiary/aromatic N) is 1. The van der Waals surface area contributed by atoms with Crippen LogP contribution in [0.1, 0.15) is 85.9 Å². The fraction of sp³-hybridized carbons (Fsp3) is 0.448. The maximum atomic E-state index is 12.9. The SMILES string of the molecule is CCCCCCOc1c2cc(-c3sc(O)c4c3C(=O)N(C)C4=O)sc2c(OCCCCCC)c2ccsc12. The first kappa shape index (κ1) is 27.0. The monoisotopic (exact) mass is 571 g/mol. The predicted molar refractivity (Wildman–Crippen MR) is 158 cm³/mol. The lowest BCUT2D eigenvalue weighted by Crippen LogP contribution is -2.24. The Bertz CT molecular complexity index is 1410. The third kappa shape index (κ3) is 4.80. The second kappa shape index (κ2) is 11.6. The number of benzene rings is 1. The number of unbranched alkanes of at least 4 members (excludes halogenated alkanes) is 6. The van der Waals surface area contributed by atoms with E-state index in [1.54, 1.807) is 11.3 Å². The Morgan fingerprint density at radius 3 is 2.11 bits per heavy atom. The summed E-state index contributed by atoms with van der Waals surface area (Å²) in [5.41, 5.74) is 0.396. The Labute approximate surface area is 234 Å². The molecule has 0 radical (unpaired) electrons. The molecule has 0 aliphatic carbocycles. The van der Waals surface area contributed by atoms with Crippen LogP contribution in [0.15, 0.2) is 17.5 Å². The van der Waals surface area contributed by atoms with Gasteiger partial charge in [0.2, 0.25) is 0 Å². The first-order chi connectivity index (χ1) is 18.5. The molecule has 1 aromatic carbocycles. The number of rotatable bonds is 13. The van der Waals surface area contributed by atoms with Gasteiger partial charge in [-0.15, -0.1) is 22.7 Å². The van der Waals surface area contributed by atoms with Crippen molar-refractivity contribution in [1.29, 1.82) is 0 Å². The minimum atomic E-state index is -0.459. The highest BCUT2D eigenvalue weighted by molar-refractivity contribution is 7.27. The van der Waals surface area contributed by atoms with Crippen molar-refractivity contribution >= 4 is 66.0 Å². The first-order valence-electron chi connectivity index (χ1n) is 13.4. The number of ether oxygens (including phenoxy) is 2. The van der Waals surface area contributed by atoms with E-state index in [1.807, 2.05) is 6.07 Å². The predicted octanol–water partition coefficient (Wildman–Crippen LogP) is 8.69. The summed E-state index contributed by atoms with van der Waals surface area (Å²) in [7, 11) is 1.45. The van der Waals surface area contributed by atoms with E-state index in [2.05, 4.69) is 25.3 Å². The van der Waals surface area contributed by atoms with Crippen LogP contribution in [-0.2, 0) is 0 Å². The second-order valence-corrected chi connectivity index (χ2v) is 12.6. The van der Waals surface area contributed by atoms with E-state index in [9.17, 15) is 14.7 Å². The van der Waals surface area contributed by atoms with Crippen molar-refractivity contribution in [2.75, 3.05) is 20.3 Å². The normalized spacial score (nSPS) is 13.3. The van der Waals surface area contributed by atoms with Crippen LogP contribution < -0.4 is 9.47 Å². The zero-order chi connectivity index (χ0) is 26.8. The van der Waals surface area contributed by atoms with Crippen LogP contribution >= 0.6 is 34.0 Å². The number of fused-ring (bicyclic) bond motifs is 3. The topological polar surface area (TPSA) is 76.1 Å². The highest BCUT2D eigenvalue weighted by atomic mass is 32.1. The molecule has 4 heterocycles. The van der Waals surface area contributed by atoms with Crippen LogP contribution in [0, 0.1) is 0 Å². The lowest BCUT2D eigenvalue weighted by Gasteiger charge is -2.13. The zero-order valence-corrected chi connectivity index (χ0v) is 24.5. The number of carbonyl (C=O) groups excluding carboxylic acids is 2. The summed E-state index contributed by atoms with van der Waals surface area (Å²) in [5, 5.41) is 14.5. The largest absolute Gasteiger partial charge is 0.499 e. The standard InChI is InChI=1S/C29H33NO5S3/c1-4-6-8-10-13-34-22-17-12-15-36-24(17)23(35-14-11-9-7-5-2)18-16-19(37-25(18)22)26-20-21(29(33)38-26)28(32)30(3)27(20)31/h12,15-16,33H,4-11,13-14H2,1-3H3. The number of imide groups is 1. The maximum absolute atomic E-state index is 12.9. The minimum absolute atomic E-state index is 0.107. The molecule has 9 heteroatoms. The van der Waals surface area contributed by atoms with Gasteiger partial charge in [0.1, 0.15) is 17.1 Å². The van der Waals surface area contributed by atoms with Gasteiger partial charge < -0.3 is 14.6 Å². The molecule has 0 bridgehead atoms. The summed E-state index contributed by atoms with van der Waals surface area (Å²) in [6.07, 6.45) is 8.96. The molecule has 0 saturated carbocycles. The second-order valence-electron chi connectivity index (χ2n) is 9.65. The summed E-state index contributed by atoms with van der Waals surface area (Å²) in [4.78, 5) is 28.0. The molecule has 38 heavy (non-hydrogen) atoms. The fourth-order valence-electron chi connectivity index (χ4n) is 4.86. The van der Waals surface area contributed by atoms with Crippen LogP contribution in [0.2, 0.25) is 0 Å². The van der Waals surface area contributed by atoms with Crippen LogP contribution in [0.25, 0.3) is 29.9 Å². The van der Waals surface area contributed by atoms with Crippen molar-refractivity contribution in [3.05, 3.63) is 28.6 Å². The lowest BCUT2D eigenvalue weighted by molar-refractivity contribution is 0.0692. The van der Waals surface area contributed by atoms with Crippen LogP contribution in [0.5, 0.6) is 16.6 Å². The summed E-state index contributed by atoms with van der Waals surface area (Å²) in [6, 6.07) is 4.13. The molecule has 6 nitrogen and oxygen atoms in total. The van der Waals surface area contributed by atoms with Crippen molar-refractivity contribution in [2.45, 2.75) is 65.2 Å². The molecule has 4 aromatic rings. The number of thiophene rings is 3. The van der Waals surface area contributed by atoms with E-state index in [1.165, 1.54) is 44.1 Å². The Morgan fingerprint density at radius 1 is 0.816 bits per heavy atom. The quantitative estimate of drug-likeness (QED) is 0.128. The van der Waals surface area contributed by atoms with E-state index in [4.69, 9.17) is 9.47 Å². The Hall–Kier alpha value is -2.62. The number of hydrogen-bond donors (Lipinski definition) is 1. The third-order valence-corrected chi connectivity index (χ3v) is 10.2. The number of aromatic hydroxyl groups is 1. The lowest BCUT2D eigenvalue weighted by atomic mass is 10.1. The number of carbonyl (C=O) groups is 2. The van der Waals surface area contributed by atoms with Crippen LogP contribution in [0.4, 0.5) is 0 Å². The van der Waals surface area contributed by atoms with Crippen molar-refractivity contribution < 1.29 is 24.2 Å². The van der Waals surface area contributed by atoms with Gasteiger partial charge in [-0.25, -0.2) is 0 Å². The van der Waals surface area contributed by atoms with E-state index < -0.39 is 5.91 Å². The smallest absolute Gasteiger partial charge is 0.266 e. The molecule has 0 fully saturated rings. The van der Waals surface area contributed by atoms with Gasteiger partial charge in [-0.1, -0.05) is 63.7 Å². The van der Waals surface area contributed by atoms with E-state index in [0.717, 1.165) is 78.5 Å². The molecule has 0 atom stereocenters. The summed E-state index contributed by atoms with van der Waals surface area (Å²) in [6.45, 7) is 5.67. The highest BCUT2D eigenvalue weighted by Crippen LogP contribution is 2.53. The molecule has 3 aromatic heterocycles. The number of hydrogen-bond acceptors (Lipinski definition) is 8. The molecule has 5 rings (SSSR count). The van der Waals surface area contributed by atoms with Crippen molar-refractivity contribution in [2.24, 2.45) is 0 Å². The Balaban J connectivity index is 1.60. The average molecular weight is 572 g/mol. The van der Waals surface area contributed by atoms with Gasteiger partial charge in [0.15, 0.2) is 5.06 Å². The Kier molecular flexibility index (Phi) is 8.26. The molecule has 1 aliphatic heterocycles. The van der Waals surface area contributed by atoms with Gasteiger partial charge in [-0.3, -0.25) is 14.5 Å². The molecule has 2 amide bonds. The van der Waals surface area contributed by atoms with Gasteiger partial charge in [0, 0.05) is 22.7 Å². The third-order valence-electron chi connectivity index (χ3n) is 6.94. The van der Waals surface area contributed by atoms with Gasteiger partial charge in [0.05, 0.1) is 33.1 Å². The van der Waals surface area contributed by atoms with Gasteiger partial charge in [-0.2, -0.15) is 0 Å². The molecule has 202 valence electrons.